The number of esters is 1. The van der Waals surface area contributed by atoms with Crippen LogP contribution in [0.25, 0.3) is 22.3 Å². The lowest BCUT2D eigenvalue weighted by Crippen LogP contribution is -2.56. The van der Waals surface area contributed by atoms with E-state index in [1.165, 1.54) is 10.6 Å². The van der Waals surface area contributed by atoms with E-state index in [9.17, 15) is 48.3 Å². The quantitative estimate of drug-likeness (QED) is 0.0191. The maximum Gasteiger partial charge on any atom is 0.343 e. The molecule has 1 fully saturated rings. The molecular formula is C73H89FN10O12. The second kappa shape index (κ2) is 29.2. The SMILES string of the molecule is CC[C@@]1(O)C(=O)OCc2c1cc1n(c2=O)Cc2c-1nc1cc(F)c(C)c3c1c2[C@@H](NC(=O)CNC(=O)[C@H](CCCCN)NC(=O)[C@@H](NC(=O)CCC(C)(C)OCCC(C)(C)C(=O)N1CCC(C(=O)NCCC(=O)N2Cc4ccccc4C#Cc4ccccc42)CC1)C(C)C)CC3. The number of aromatic nitrogens is 2. The molecule has 2 aromatic heterocycles. The van der Waals surface area contributed by atoms with Gasteiger partial charge < -0.3 is 61.3 Å². The Bertz CT molecular complexity index is 4030. The maximum atomic E-state index is 15.6. The Balaban J connectivity index is 0.680. The standard InChI is InChI=1S/C73H89FN10O12/c1-9-73(94)51-36-57-64-49(40-84(57)68(91)50(51)41-95-70(73)93)62-53(24-23-48-43(4)52(74)37-55(79-64)61(48)62)78-59(86)38-77-66(89)54(19-14-15-31-75)80-67(90)63(42(2)3)81-58(85)25-29-72(7,8)96-35-30-71(5,6)69(92)82-33-27-46(28-34-82)65(88)76-32-26-60(87)83-39-47-18-11-10-16-44(47)21-22-45-17-12-13-20-56(45)83/h10-13,16-18,20,36-37,42,46,53-54,63,94H,9,14-15,19,23-35,38-41,75H2,1-8H3,(H,76,88)(H,77,89)(H,78,86)(H,80,90)(H,81,85)/t53-,54-,63-,73-/m0/s1. The van der Waals surface area contributed by atoms with Crippen LogP contribution in [0, 0.1) is 41.8 Å². The number of amides is 7. The van der Waals surface area contributed by atoms with Crippen LogP contribution in [0.1, 0.15) is 175 Å². The first-order valence-corrected chi connectivity index (χ1v) is 33.6. The summed E-state index contributed by atoms with van der Waals surface area (Å²) in [5.41, 5.74) is 8.65. The number of hydrogen-bond acceptors (Lipinski definition) is 14. The van der Waals surface area contributed by atoms with Crippen molar-refractivity contribution in [3.63, 3.8) is 0 Å². The molecule has 0 saturated carbocycles. The summed E-state index contributed by atoms with van der Waals surface area (Å²) < 4.78 is 28.6. The average molecular weight is 1320 g/mol. The lowest BCUT2D eigenvalue weighted by Gasteiger charge is -2.37. The predicted molar refractivity (Wildman–Crippen MR) is 358 cm³/mol. The molecule has 0 bridgehead atoms. The van der Waals surface area contributed by atoms with Gasteiger partial charge in [0.2, 0.25) is 41.4 Å². The van der Waals surface area contributed by atoms with Crippen molar-refractivity contribution >= 4 is 63.9 Å². The minimum Gasteiger partial charge on any atom is -0.458 e. The number of cyclic esters (lactones) is 1. The first-order valence-electron chi connectivity index (χ1n) is 33.6. The molecule has 0 spiro atoms. The topological polar surface area (TPSA) is 303 Å². The number of hydrogen-bond donors (Lipinski definition) is 7. The fourth-order valence-corrected chi connectivity index (χ4v) is 13.8. The van der Waals surface area contributed by atoms with Crippen LogP contribution in [0.2, 0.25) is 0 Å². The van der Waals surface area contributed by atoms with Gasteiger partial charge in [-0.15, -0.1) is 0 Å². The summed E-state index contributed by atoms with van der Waals surface area (Å²) in [7, 11) is 0. The minimum atomic E-state index is -2.06. The van der Waals surface area contributed by atoms with E-state index in [1.54, 1.807) is 43.6 Å². The lowest BCUT2D eigenvalue weighted by atomic mass is 9.81. The molecular weight excluding hydrogens is 1230 g/mol. The Morgan fingerprint density at radius 2 is 1.58 bits per heavy atom. The van der Waals surface area contributed by atoms with Crippen LogP contribution in [0.4, 0.5) is 10.1 Å². The van der Waals surface area contributed by atoms with Gasteiger partial charge in [-0.05, 0) is 144 Å². The van der Waals surface area contributed by atoms with E-state index in [0.717, 1.165) is 27.9 Å². The number of carbonyl (C=O) groups excluding carboxylic acids is 8. The first-order chi connectivity index (χ1) is 45.7. The number of unbranched alkanes of at least 4 members (excludes halogenated alkanes) is 1. The van der Waals surface area contributed by atoms with Crippen LogP contribution < -0.4 is 42.8 Å². The van der Waals surface area contributed by atoms with E-state index in [-0.39, 0.29) is 93.2 Å². The summed E-state index contributed by atoms with van der Waals surface area (Å²) in [6, 6.07) is 15.4. The molecule has 8 N–H and O–H groups in total. The Morgan fingerprint density at radius 1 is 0.865 bits per heavy atom. The van der Waals surface area contributed by atoms with Crippen LogP contribution in [-0.2, 0) is 79.5 Å². The van der Waals surface area contributed by atoms with Gasteiger partial charge >= 0.3 is 5.97 Å². The zero-order valence-electron chi connectivity index (χ0n) is 56.2. The molecule has 1 aliphatic carbocycles. The molecule has 0 radical (unpaired) electrons. The first kappa shape index (κ1) is 70.0. The molecule has 6 heterocycles. The molecule has 3 aromatic carbocycles. The van der Waals surface area contributed by atoms with E-state index in [1.807, 2.05) is 76.2 Å². The highest BCUT2D eigenvalue weighted by molar-refractivity contribution is 5.97. The number of aliphatic hydroxyl groups is 1. The van der Waals surface area contributed by atoms with Gasteiger partial charge in [-0.1, -0.05) is 76.8 Å². The molecule has 7 amide bonds. The Hall–Kier alpha value is -8.85. The van der Waals surface area contributed by atoms with Crippen molar-refractivity contribution in [2.24, 2.45) is 23.0 Å². The number of likely N-dealkylation sites (tertiary alicyclic amines) is 1. The van der Waals surface area contributed by atoms with Crippen molar-refractivity contribution < 1.29 is 57.3 Å². The smallest absolute Gasteiger partial charge is 0.343 e. The number of nitrogens with two attached hydrogens (primary N) is 1. The summed E-state index contributed by atoms with van der Waals surface area (Å²) >= 11 is 0. The average Bonchev–Trinajstić information content (AvgIpc) is 1.66. The molecule has 5 aliphatic rings. The summed E-state index contributed by atoms with van der Waals surface area (Å²) in [5, 5.41) is 26.5. The number of piperidine rings is 1. The second-order valence-electron chi connectivity index (χ2n) is 27.6. The number of nitrogens with zero attached hydrogens (tertiary/aromatic N) is 4. The summed E-state index contributed by atoms with van der Waals surface area (Å²) in [4.78, 5) is 132. The van der Waals surface area contributed by atoms with Crippen molar-refractivity contribution in [3.05, 3.63) is 127 Å². The van der Waals surface area contributed by atoms with E-state index < -0.39 is 88.2 Å². The highest BCUT2D eigenvalue weighted by atomic mass is 19.1. The normalized spacial score (nSPS) is 17.8. The molecule has 23 heteroatoms. The summed E-state index contributed by atoms with van der Waals surface area (Å²) in [5.74, 6) is 1.90. The van der Waals surface area contributed by atoms with Crippen molar-refractivity contribution in [1.82, 2.24) is 41.0 Å². The lowest BCUT2D eigenvalue weighted by molar-refractivity contribution is -0.172. The van der Waals surface area contributed by atoms with Gasteiger partial charge in [-0.2, -0.15) is 0 Å². The number of benzene rings is 3. The van der Waals surface area contributed by atoms with Gasteiger partial charge in [0.25, 0.3) is 5.56 Å². The van der Waals surface area contributed by atoms with Gasteiger partial charge in [0.05, 0.1) is 59.4 Å². The van der Waals surface area contributed by atoms with Gasteiger partial charge in [-0.3, -0.25) is 38.4 Å². The number of aryl methyl sites for hydroxylation is 1. The van der Waals surface area contributed by atoms with E-state index in [0.29, 0.717) is 110 Å². The van der Waals surface area contributed by atoms with Crippen LogP contribution in [0.5, 0.6) is 0 Å². The molecule has 510 valence electrons. The third kappa shape index (κ3) is 14.9. The van der Waals surface area contributed by atoms with Crippen molar-refractivity contribution in [1.29, 1.82) is 0 Å². The highest BCUT2D eigenvalue weighted by Gasteiger charge is 2.46. The van der Waals surface area contributed by atoms with Gasteiger partial charge in [-0.25, -0.2) is 14.2 Å². The van der Waals surface area contributed by atoms with Crippen molar-refractivity contribution in [2.45, 2.75) is 181 Å². The molecule has 5 aromatic rings. The van der Waals surface area contributed by atoms with E-state index >= 15 is 4.39 Å². The number of halogens is 1. The Morgan fingerprint density at radius 3 is 2.31 bits per heavy atom. The predicted octanol–water partition coefficient (Wildman–Crippen LogP) is 6.18. The number of anilines is 1. The number of rotatable bonds is 25. The number of fused-ring (bicyclic) bond motifs is 7. The summed E-state index contributed by atoms with van der Waals surface area (Å²) in [6.45, 7) is 15.4. The molecule has 1 saturated heterocycles. The van der Waals surface area contributed by atoms with Crippen LogP contribution in [0.15, 0.2) is 65.5 Å². The van der Waals surface area contributed by atoms with E-state index in [2.05, 4.69) is 38.4 Å². The van der Waals surface area contributed by atoms with Crippen LogP contribution >= 0.6 is 0 Å². The molecule has 96 heavy (non-hydrogen) atoms. The van der Waals surface area contributed by atoms with Crippen molar-refractivity contribution in [3.8, 4) is 23.2 Å². The van der Waals surface area contributed by atoms with Crippen LogP contribution in [0.3, 0.4) is 0 Å². The molecule has 10 rings (SSSR count). The third-order valence-electron chi connectivity index (χ3n) is 19.7. The van der Waals surface area contributed by atoms with Gasteiger partial charge in [0.15, 0.2) is 5.60 Å². The number of para-hydroxylation sites is 1. The van der Waals surface area contributed by atoms with Gasteiger partial charge in [0, 0.05) is 84.1 Å². The van der Waals surface area contributed by atoms with Gasteiger partial charge in [0.1, 0.15) is 24.5 Å². The Kier molecular flexibility index (Phi) is 21.3. The number of nitrogens with one attached hydrogen (secondary N) is 5. The monoisotopic (exact) mass is 1320 g/mol. The maximum absolute atomic E-state index is 15.6. The Labute approximate surface area is 558 Å². The molecule has 4 atom stereocenters. The molecule has 0 unspecified atom stereocenters. The van der Waals surface area contributed by atoms with E-state index in [4.69, 9.17) is 20.2 Å². The zero-order valence-corrected chi connectivity index (χ0v) is 56.2. The highest BCUT2D eigenvalue weighted by Crippen LogP contribution is 2.46. The minimum absolute atomic E-state index is 0.00288. The number of carbonyl (C=O) groups is 8. The fourth-order valence-electron chi connectivity index (χ4n) is 13.8. The largest absolute Gasteiger partial charge is 0.458 e. The fraction of sp³-hybridized carbons (Fsp3) is 0.507. The number of pyridine rings is 2. The third-order valence-corrected chi connectivity index (χ3v) is 19.7. The molecule has 22 nitrogen and oxygen atoms in total. The second-order valence-corrected chi connectivity index (χ2v) is 27.6. The van der Waals surface area contributed by atoms with Crippen LogP contribution in [-0.4, -0.2) is 124 Å². The summed E-state index contributed by atoms with van der Waals surface area (Å²) in [6.07, 6.45) is 3.64. The van der Waals surface area contributed by atoms with Crippen molar-refractivity contribution in [2.75, 3.05) is 44.2 Å². The zero-order chi connectivity index (χ0) is 69.0. The molecule has 4 aliphatic heterocycles. The number of ether oxygens (including phenoxy) is 2.